The normalized spacial score (nSPS) is 13.6. The number of hydrogen-bond acceptors (Lipinski definition) is 4. The first-order valence-electron chi connectivity index (χ1n) is 7.42. The van der Waals surface area contributed by atoms with Crippen molar-refractivity contribution in [3.05, 3.63) is 65.2 Å². The monoisotopic (exact) mass is 367 g/mol. The van der Waals surface area contributed by atoms with E-state index in [4.69, 9.17) is 0 Å². The lowest BCUT2D eigenvalue weighted by Crippen LogP contribution is -2.28. The molecule has 0 aliphatic carbocycles. The van der Waals surface area contributed by atoms with Gasteiger partial charge in [-0.05, 0) is 37.1 Å². The molecule has 0 bridgehead atoms. The van der Waals surface area contributed by atoms with E-state index in [-0.39, 0.29) is 10.6 Å². The van der Waals surface area contributed by atoms with Gasteiger partial charge >= 0.3 is 0 Å². The minimum Gasteiger partial charge on any atom is -0.224 e. The molecule has 1 N–H and O–H groups in total. The van der Waals surface area contributed by atoms with Crippen LogP contribution in [0.15, 0.2) is 53.4 Å². The molecule has 2 aromatic carbocycles. The number of rotatable bonds is 6. The summed E-state index contributed by atoms with van der Waals surface area (Å²) in [6.07, 6.45) is 1.13. The summed E-state index contributed by atoms with van der Waals surface area (Å²) in [5, 5.41) is 0. The molecular formula is C17H21NO4S2. The van der Waals surface area contributed by atoms with Crippen molar-refractivity contribution in [3.8, 4) is 0 Å². The fourth-order valence-corrected chi connectivity index (χ4v) is 4.41. The van der Waals surface area contributed by atoms with Crippen molar-refractivity contribution in [2.75, 3.05) is 6.26 Å². The second-order valence-electron chi connectivity index (χ2n) is 5.93. The lowest BCUT2D eigenvalue weighted by molar-refractivity contribution is 0.565. The maximum Gasteiger partial charge on any atom is 0.216 e. The van der Waals surface area contributed by atoms with Crippen LogP contribution in [-0.4, -0.2) is 23.1 Å². The predicted octanol–water partition coefficient (Wildman–Crippen LogP) is 2.58. The molecule has 0 aliphatic rings. The molecule has 0 saturated carbocycles. The van der Waals surface area contributed by atoms with Crippen molar-refractivity contribution >= 4 is 19.9 Å². The summed E-state index contributed by atoms with van der Waals surface area (Å²) in [5.41, 5.74) is 2.43. The lowest BCUT2D eigenvalue weighted by Gasteiger charge is -2.15. The largest absolute Gasteiger partial charge is 0.224 e. The summed E-state index contributed by atoms with van der Waals surface area (Å²) in [7, 11) is -6.77. The van der Waals surface area contributed by atoms with E-state index < -0.39 is 25.9 Å². The smallest absolute Gasteiger partial charge is 0.216 e. The lowest BCUT2D eigenvalue weighted by atomic mass is 10.1. The molecule has 24 heavy (non-hydrogen) atoms. The fourth-order valence-electron chi connectivity index (χ4n) is 2.40. The summed E-state index contributed by atoms with van der Waals surface area (Å²) in [6, 6.07) is 13.1. The van der Waals surface area contributed by atoms with Crippen LogP contribution in [0.1, 0.15) is 29.7 Å². The molecule has 2 rings (SSSR count). The molecule has 1 unspecified atom stereocenters. The average molecular weight is 367 g/mol. The zero-order chi connectivity index (χ0) is 18.0. The second-order valence-corrected chi connectivity index (χ2v) is 9.70. The third-order valence-corrected chi connectivity index (χ3v) is 6.16. The SMILES string of the molecule is Cc1cccc(CS(=O)(=O)NC(C)c2ccc(S(C)(=O)=O)cc2)c1. The third kappa shape index (κ3) is 5.15. The van der Waals surface area contributed by atoms with Gasteiger partial charge < -0.3 is 0 Å². The zero-order valence-corrected chi connectivity index (χ0v) is 15.5. The molecule has 0 aliphatic heterocycles. The highest BCUT2D eigenvalue weighted by molar-refractivity contribution is 7.90. The Kier molecular flexibility index (Phi) is 5.47. The number of hydrogen-bond donors (Lipinski definition) is 1. The van der Waals surface area contributed by atoms with Gasteiger partial charge in [-0.1, -0.05) is 42.0 Å². The maximum absolute atomic E-state index is 12.3. The van der Waals surface area contributed by atoms with Gasteiger partial charge in [-0.3, -0.25) is 0 Å². The third-order valence-electron chi connectivity index (χ3n) is 3.60. The molecule has 1 atom stereocenters. The van der Waals surface area contributed by atoms with Crippen molar-refractivity contribution in [2.45, 2.75) is 30.5 Å². The van der Waals surface area contributed by atoms with Gasteiger partial charge in [-0.2, -0.15) is 0 Å². The van der Waals surface area contributed by atoms with Gasteiger partial charge in [0, 0.05) is 12.3 Å². The van der Waals surface area contributed by atoms with Gasteiger partial charge in [0.05, 0.1) is 10.6 Å². The van der Waals surface area contributed by atoms with Crippen molar-refractivity contribution < 1.29 is 16.8 Å². The molecule has 2 aromatic rings. The Morgan fingerprint density at radius 1 is 1.00 bits per heavy atom. The van der Waals surface area contributed by atoms with Crippen LogP contribution in [0.4, 0.5) is 0 Å². The number of nitrogens with one attached hydrogen (secondary N) is 1. The molecule has 0 spiro atoms. The number of sulfonamides is 1. The van der Waals surface area contributed by atoms with Crippen LogP contribution in [0.5, 0.6) is 0 Å². The summed E-state index contributed by atoms with van der Waals surface area (Å²) >= 11 is 0. The molecule has 0 fully saturated rings. The van der Waals surface area contributed by atoms with E-state index in [0.717, 1.165) is 17.4 Å². The van der Waals surface area contributed by atoms with Crippen LogP contribution in [0.3, 0.4) is 0 Å². The van der Waals surface area contributed by atoms with Gasteiger partial charge in [-0.15, -0.1) is 0 Å². The van der Waals surface area contributed by atoms with Crippen LogP contribution >= 0.6 is 0 Å². The molecule has 7 heteroatoms. The molecule has 0 aromatic heterocycles. The minimum absolute atomic E-state index is 0.0968. The van der Waals surface area contributed by atoms with Gasteiger partial charge in [0.2, 0.25) is 10.0 Å². The quantitative estimate of drug-likeness (QED) is 0.851. The zero-order valence-electron chi connectivity index (χ0n) is 13.9. The number of sulfone groups is 1. The van der Waals surface area contributed by atoms with Crippen LogP contribution in [0.2, 0.25) is 0 Å². The first-order chi connectivity index (χ1) is 11.1. The Morgan fingerprint density at radius 2 is 1.62 bits per heavy atom. The van der Waals surface area contributed by atoms with Gasteiger partial charge in [0.1, 0.15) is 0 Å². The second kappa shape index (κ2) is 7.04. The highest BCUT2D eigenvalue weighted by atomic mass is 32.2. The van der Waals surface area contributed by atoms with E-state index in [1.165, 1.54) is 12.1 Å². The van der Waals surface area contributed by atoms with Gasteiger partial charge in [-0.25, -0.2) is 21.6 Å². The van der Waals surface area contributed by atoms with Crippen LogP contribution in [0, 0.1) is 6.92 Å². The first kappa shape index (κ1) is 18.6. The first-order valence-corrected chi connectivity index (χ1v) is 11.0. The Balaban J connectivity index is 2.11. The molecule has 0 heterocycles. The molecule has 0 saturated heterocycles. The molecule has 0 radical (unpaired) electrons. The van der Waals surface area contributed by atoms with E-state index >= 15 is 0 Å². The summed E-state index contributed by atoms with van der Waals surface area (Å²) in [4.78, 5) is 0.209. The topological polar surface area (TPSA) is 80.3 Å². The molecule has 5 nitrogen and oxygen atoms in total. The van der Waals surface area contributed by atoms with Crippen molar-refractivity contribution in [1.82, 2.24) is 4.72 Å². The van der Waals surface area contributed by atoms with Crippen molar-refractivity contribution in [3.63, 3.8) is 0 Å². The fraction of sp³-hybridized carbons (Fsp3) is 0.294. The van der Waals surface area contributed by atoms with Gasteiger partial charge in [0.15, 0.2) is 9.84 Å². The standard InChI is InChI=1S/C17H21NO4S2/c1-13-5-4-6-15(11-13)12-24(21,22)18-14(2)16-7-9-17(10-8-16)23(3,19)20/h4-11,14,18H,12H2,1-3H3. The number of benzene rings is 2. The predicted molar refractivity (Wildman–Crippen MR) is 94.9 cm³/mol. The van der Waals surface area contributed by atoms with E-state index in [9.17, 15) is 16.8 Å². The molecule has 130 valence electrons. The Morgan fingerprint density at radius 3 is 2.17 bits per heavy atom. The van der Waals surface area contributed by atoms with E-state index in [1.807, 2.05) is 25.1 Å². The Bertz CT molecular complexity index is 917. The van der Waals surface area contributed by atoms with Crippen molar-refractivity contribution in [2.24, 2.45) is 0 Å². The van der Waals surface area contributed by atoms with E-state index in [0.29, 0.717) is 5.56 Å². The summed E-state index contributed by atoms with van der Waals surface area (Å²) in [5.74, 6) is -0.0968. The minimum atomic E-state index is -3.51. The Labute approximate surface area is 143 Å². The van der Waals surface area contributed by atoms with E-state index in [2.05, 4.69) is 4.72 Å². The summed E-state index contributed by atoms with van der Waals surface area (Å²) < 4.78 is 50.2. The highest BCUT2D eigenvalue weighted by Gasteiger charge is 2.17. The highest BCUT2D eigenvalue weighted by Crippen LogP contribution is 2.18. The maximum atomic E-state index is 12.3. The average Bonchev–Trinajstić information content (AvgIpc) is 2.45. The Hall–Kier alpha value is -1.70. The van der Waals surface area contributed by atoms with Crippen LogP contribution in [-0.2, 0) is 25.6 Å². The van der Waals surface area contributed by atoms with Crippen LogP contribution < -0.4 is 4.72 Å². The van der Waals surface area contributed by atoms with Crippen molar-refractivity contribution in [1.29, 1.82) is 0 Å². The van der Waals surface area contributed by atoms with E-state index in [1.54, 1.807) is 25.1 Å². The molecule has 0 amide bonds. The summed E-state index contributed by atoms with van der Waals surface area (Å²) in [6.45, 7) is 3.64. The van der Waals surface area contributed by atoms with Gasteiger partial charge in [0.25, 0.3) is 0 Å². The molecular weight excluding hydrogens is 346 g/mol. The number of aryl methyl sites for hydroxylation is 1. The van der Waals surface area contributed by atoms with Crippen LogP contribution in [0.25, 0.3) is 0 Å².